The predicted molar refractivity (Wildman–Crippen MR) is 99.8 cm³/mol. The summed E-state index contributed by atoms with van der Waals surface area (Å²) in [6.45, 7) is 2.60. The summed E-state index contributed by atoms with van der Waals surface area (Å²) in [7, 11) is -1.71. The molecule has 0 radical (unpaired) electrons. The fourth-order valence-corrected chi connectivity index (χ4v) is 3.84. The van der Waals surface area contributed by atoms with Gasteiger partial charge in [-0.25, -0.2) is 18.1 Å². The Balaban J connectivity index is 0.00000243. The highest BCUT2D eigenvalue weighted by Crippen LogP contribution is 2.17. The van der Waals surface area contributed by atoms with E-state index in [2.05, 4.69) is 20.1 Å². The quantitative estimate of drug-likeness (QED) is 0.720. The fourth-order valence-electron chi connectivity index (χ4n) is 2.72. The van der Waals surface area contributed by atoms with Crippen molar-refractivity contribution in [3.05, 3.63) is 36.4 Å². The van der Waals surface area contributed by atoms with Crippen LogP contribution in [0.15, 0.2) is 35.5 Å². The zero-order chi connectivity index (χ0) is 17.7. The lowest BCUT2D eigenvalue weighted by atomic mass is 10.0. The van der Waals surface area contributed by atoms with Gasteiger partial charge in [-0.2, -0.15) is 5.10 Å². The van der Waals surface area contributed by atoms with Crippen molar-refractivity contribution in [2.45, 2.75) is 24.3 Å². The third-order valence-electron chi connectivity index (χ3n) is 4.27. The Labute approximate surface area is 159 Å². The number of benzene rings is 1. The maximum Gasteiger partial charge on any atom is 0.240 e. The van der Waals surface area contributed by atoms with Gasteiger partial charge >= 0.3 is 0 Å². The van der Waals surface area contributed by atoms with Crippen LogP contribution >= 0.6 is 12.4 Å². The van der Waals surface area contributed by atoms with Crippen molar-refractivity contribution in [3.63, 3.8) is 0 Å². The average Bonchev–Trinajstić information content (AvgIpc) is 3.04. The molecule has 0 spiro atoms. The molecule has 0 amide bonds. The highest BCUT2D eigenvalue weighted by Gasteiger charge is 2.18. The number of nitrogens with one attached hydrogen (secondary N) is 2. The number of sulfonamides is 1. The summed E-state index contributed by atoms with van der Waals surface area (Å²) in [5.41, 5.74) is 0. The molecule has 1 unspecified atom stereocenters. The van der Waals surface area contributed by atoms with Crippen LogP contribution in [0.4, 0.5) is 0 Å². The first-order valence-electron chi connectivity index (χ1n) is 8.31. The van der Waals surface area contributed by atoms with Gasteiger partial charge in [-0.15, -0.1) is 12.4 Å². The number of aryl methyl sites for hydroxylation is 1. The molecule has 1 aromatic heterocycles. The van der Waals surface area contributed by atoms with Crippen molar-refractivity contribution in [2.75, 3.05) is 19.6 Å². The lowest BCUT2D eigenvalue weighted by Crippen LogP contribution is -2.38. The number of hydrogen-bond acceptors (Lipinski definition) is 6. The molecule has 2 heterocycles. The Morgan fingerprint density at radius 2 is 2.12 bits per heavy atom. The summed E-state index contributed by atoms with van der Waals surface area (Å²) in [6, 6.07) is 6.39. The smallest absolute Gasteiger partial charge is 0.240 e. The first-order valence-corrected chi connectivity index (χ1v) is 9.79. The minimum Gasteiger partial charge on any atom is -0.486 e. The van der Waals surface area contributed by atoms with Crippen molar-refractivity contribution in [1.29, 1.82) is 0 Å². The molecule has 1 saturated heterocycles. The maximum absolute atomic E-state index is 12.4. The van der Waals surface area contributed by atoms with E-state index in [0.29, 0.717) is 24.0 Å². The van der Waals surface area contributed by atoms with Gasteiger partial charge in [0.1, 0.15) is 18.7 Å². The van der Waals surface area contributed by atoms with E-state index in [1.165, 1.54) is 6.33 Å². The van der Waals surface area contributed by atoms with Crippen molar-refractivity contribution >= 4 is 22.4 Å². The van der Waals surface area contributed by atoms with Gasteiger partial charge < -0.3 is 10.1 Å². The second-order valence-corrected chi connectivity index (χ2v) is 7.89. The molecule has 26 heavy (non-hydrogen) atoms. The van der Waals surface area contributed by atoms with E-state index in [1.807, 2.05) is 0 Å². The lowest BCUT2D eigenvalue weighted by molar-refractivity contribution is 0.289. The van der Waals surface area contributed by atoms with Crippen LogP contribution in [-0.2, 0) is 23.7 Å². The molecule has 0 bridgehead atoms. The highest BCUT2D eigenvalue weighted by molar-refractivity contribution is 7.89. The number of piperidine rings is 1. The average molecular weight is 402 g/mol. The van der Waals surface area contributed by atoms with Crippen molar-refractivity contribution < 1.29 is 13.2 Å². The third kappa shape index (κ3) is 5.41. The summed E-state index contributed by atoms with van der Waals surface area (Å²) >= 11 is 0. The maximum atomic E-state index is 12.4. The molecule has 1 fully saturated rings. The van der Waals surface area contributed by atoms with Crippen molar-refractivity contribution in [3.8, 4) is 5.75 Å². The monoisotopic (exact) mass is 401 g/mol. The molecule has 8 nitrogen and oxygen atoms in total. The number of rotatable bonds is 7. The van der Waals surface area contributed by atoms with Gasteiger partial charge in [0, 0.05) is 13.6 Å². The van der Waals surface area contributed by atoms with Crippen LogP contribution in [0, 0.1) is 5.92 Å². The summed E-state index contributed by atoms with van der Waals surface area (Å²) in [5, 5.41) is 7.25. The Morgan fingerprint density at radius 1 is 1.35 bits per heavy atom. The zero-order valence-corrected chi connectivity index (χ0v) is 16.2. The van der Waals surface area contributed by atoms with E-state index in [1.54, 1.807) is 36.0 Å². The van der Waals surface area contributed by atoms with E-state index in [9.17, 15) is 8.42 Å². The van der Waals surface area contributed by atoms with Crippen LogP contribution in [0.3, 0.4) is 0 Å². The molecule has 1 aromatic carbocycles. The van der Waals surface area contributed by atoms with Crippen LogP contribution in [0.25, 0.3) is 0 Å². The SMILES string of the molecule is Cl.Cn1ncnc1COc1ccc(S(=O)(=O)NCC2CCCNC2)cc1. The number of ether oxygens (including phenoxy) is 1. The summed E-state index contributed by atoms with van der Waals surface area (Å²) in [4.78, 5) is 4.31. The Bertz CT molecular complexity index is 788. The minimum absolute atomic E-state index is 0. The van der Waals surface area contributed by atoms with Gasteiger partial charge in [-0.1, -0.05) is 0 Å². The molecule has 10 heteroatoms. The molecule has 144 valence electrons. The Kier molecular flexibility index (Phi) is 7.39. The van der Waals surface area contributed by atoms with Crippen LogP contribution < -0.4 is 14.8 Å². The highest BCUT2D eigenvalue weighted by atomic mass is 35.5. The second-order valence-electron chi connectivity index (χ2n) is 6.12. The van der Waals surface area contributed by atoms with E-state index < -0.39 is 10.0 Å². The first kappa shape index (κ1) is 20.6. The second kappa shape index (κ2) is 9.31. The predicted octanol–water partition coefficient (Wildman–Crippen LogP) is 1.09. The Hall–Kier alpha value is -1.68. The number of aromatic nitrogens is 3. The topological polar surface area (TPSA) is 98.1 Å². The molecule has 1 atom stereocenters. The molecule has 1 aliphatic heterocycles. The van der Waals surface area contributed by atoms with E-state index in [-0.39, 0.29) is 23.9 Å². The van der Waals surface area contributed by atoms with Gasteiger partial charge in [0.25, 0.3) is 0 Å². The van der Waals surface area contributed by atoms with Crippen molar-refractivity contribution in [1.82, 2.24) is 24.8 Å². The van der Waals surface area contributed by atoms with Gasteiger partial charge in [0.2, 0.25) is 10.0 Å². The standard InChI is InChI=1S/C16H23N5O3S.ClH/c1-21-16(18-12-19-21)11-24-14-4-6-15(7-5-14)25(22,23)20-10-13-3-2-8-17-9-13;/h4-7,12-13,17,20H,2-3,8-11H2,1H3;1H. The van der Waals surface area contributed by atoms with E-state index in [0.717, 1.165) is 25.9 Å². The number of halogens is 1. The van der Waals surface area contributed by atoms with Crippen LogP contribution in [0.5, 0.6) is 5.75 Å². The normalized spacial score (nSPS) is 17.5. The molecule has 0 aliphatic carbocycles. The van der Waals surface area contributed by atoms with E-state index in [4.69, 9.17) is 4.74 Å². The van der Waals surface area contributed by atoms with E-state index >= 15 is 0 Å². The number of nitrogens with zero attached hydrogens (tertiary/aromatic N) is 3. The Morgan fingerprint density at radius 3 is 2.73 bits per heavy atom. The minimum atomic E-state index is -3.50. The summed E-state index contributed by atoms with van der Waals surface area (Å²) in [5.74, 6) is 1.62. The molecule has 1 aliphatic rings. The summed E-state index contributed by atoms with van der Waals surface area (Å²) in [6.07, 6.45) is 3.59. The van der Waals surface area contributed by atoms with Gasteiger partial charge in [-0.05, 0) is 56.1 Å². The number of hydrogen-bond donors (Lipinski definition) is 2. The molecule has 2 N–H and O–H groups in total. The zero-order valence-electron chi connectivity index (χ0n) is 14.6. The van der Waals surface area contributed by atoms with Crippen LogP contribution in [0.2, 0.25) is 0 Å². The molecular formula is C16H24ClN5O3S. The molecular weight excluding hydrogens is 378 g/mol. The van der Waals surface area contributed by atoms with Gasteiger partial charge in [0.05, 0.1) is 4.90 Å². The van der Waals surface area contributed by atoms with Crippen LogP contribution in [-0.4, -0.2) is 42.8 Å². The van der Waals surface area contributed by atoms with Crippen molar-refractivity contribution in [2.24, 2.45) is 13.0 Å². The molecule has 0 saturated carbocycles. The third-order valence-corrected chi connectivity index (χ3v) is 5.71. The fraction of sp³-hybridized carbons (Fsp3) is 0.500. The molecule has 2 aromatic rings. The largest absolute Gasteiger partial charge is 0.486 e. The van der Waals surface area contributed by atoms with Gasteiger partial charge in [-0.3, -0.25) is 4.68 Å². The lowest BCUT2D eigenvalue weighted by Gasteiger charge is -2.22. The summed E-state index contributed by atoms with van der Waals surface area (Å²) < 4.78 is 34.7. The first-order chi connectivity index (χ1) is 12.0. The van der Waals surface area contributed by atoms with Gasteiger partial charge in [0.15, 0.2) is 5.82 Å². The van der Waals surface area contributed by atoms with Crippen LogP contribution in [0.1, 0.15) is 18.7 Å². The molecule has 3 rings (SSSR count).